The average molecular weight is 826 g/mol. The minimum Gasteiger partial charge on any atom is -0.460 e. The van der Waals surface area contributed by atoms with Gasteiger partial charge in [-0.05, 0) is 101 Å². The summed E-state index contributed by atoms with van der Waals surface area (Å²) in [6, 6.07) is -0.887. The van der Waals surface area contributed by atoms with E-state index in [1.165, 1.54) is 4.90 Å². The molecule has 3 heterocycles. The SMILES string of the molecule is C/C1=C\[C@@H](C)C(=O)C[C@@H]([C@H](C)C[C@@H]2CCC[C@H](O)C2)OC(=O)[C@@H]2CCCCN2C(=O)C[C@]2(O)O[C@@H](CC[C@H]2C)C[C@H](O)/C(C)=C/C=C/C=C/[C@@H](C)C[C@@H](C)C(=O)C[C@@H]1O. The summed E-state index contributed by atoms with van der Waals surface area (Å²) >= 11 is 0. The number of Topliss-reactive ketones (excluding diaryl/α,β-unsaturated/α-hetero) is 2. The highest BCUT2D eigenvalue weighted by Gasteiger charge is 2.46. The molecule has 59 heavy (non-hydrogen) atoms. The molecule has 0 radical (unpaired) electrons. The van der Waals surface area contributed by atoms with Crippen LogP contribution in [0, 0.1) is 35.5 Å². The van der Waals surface area contributed by atoms with E-state index < -0.39 is 54.0 Å². The molecule has 1 aliphatic carbocycles. The summed E-state index contributed by atoms with van der Waals surface area (Å²) in [5.74, 6) is -4.15. The van der Waals surface area contributed by atoms with E-state index in [1.54, 1.807) is 19.9 Å². The van der Waals surface area contributed by atoms with Crippen molar-refractivity contribution in [1.82, 2.24) is 4.90 Å². The van der Waals surface area contributed by atoms with Crippen LogP contribution in [-0.2, 0) is 28.7 Å². The summed E-state index contributed by atoms with van der Waals surface area (Å²) in [6.45, 7) is 13.3. The van der Waals surface area contributed by atoms with Crippen molar-refractivity contribution >= 4 is 23.4 Å². The van der Waals surface area contributed by atoms with Crippen molar-refractivity contribution in [1.29, 1.82) is 0 Å². The number of nitrogens with zero attached hydrogens (tertiary/aromatic N) is 1. The smallest absolute Gasteiger partial charge is 0.329 e. The van der Waals surface area contributed by atoms with Crippen LogP contribution in [0.15, 0.2) is 47.6 Å². The van der Waals surface area contributed by atoms with Gasteiger partial charge in [-0.1, -0.05) is 83.9 Å². The Bertz CT molecular complexity index is 1550. The summed E-state index contributed by atoms with van der Waals surface area (Å²) in [5.41, 5.74) is 1.26. The number of rotatable bonds is 3. The summed E-state index contributed by atoms with van der Waals surface area (Å²) < 4.78 is 12.5. The molecule has 2 saturated heterocycles. The second-order valence-corrected chi connectivity index (χ2v) is 18.8. The fraction of sp³-hybridized carbons (Fsp3) is 0.750. The molecule has 332 valence electrons. The van der Waals surface area contributed by atoms with E-state index in [0.29, 0.717) is 63.5 Å². The third kappa shape index (κ3) is 14.6. The lowest BCUT2D eigenvalue weighted by Gasteiger charge is -2.44. The van der Waals surface area contributed by atoms with Gasteiger partial charge in [-0.15, -0.1) is 0 Å². The van der Waals surface area contributed by atoms with E-state index in [2.05, 4.69) is 0 Å². The van der Waals surface area contributed by atoms with Crippen LogP contribution in [0.1, 0.15) is 145 Å². The molecule has 4 rings (SSSR count). The van der Waals surface area contributed by atoms with Gasteiger partial charge in [0, 0.05) is 43.6 Å². The number of aliphatic hydroxyl groups is 4. The number of hydrogen-bond acceptors (Lipinski definition) is 10. The zero-order chi connectivity index (χ0) is 43.4. The van der Waals surface area contributed by atoms with Gasteiger partial charge in [-0.25, -0.2) is 4.79 Å². The van der Waals surface area contributed by atoms with Crippen LogP contribution in [0.2, 0.25) is 0 Å². The monoisotopic (exact) mass is 826 g/mol. The normalized spacial score (nSPS) is 40.7. The number of ether oxygens (including phenoxy) is 2. The molecule has 3 aliphatic heterocycles. The molecule has 0 unspecified atom stereocenters. The molecule has 0 aromatic carbocycles. The topological polar surface area (TPSA) is 171 Å². The standard InChI is InChI=1S/C48H75NO10/c1-30-14-9-8-10-15-31(2)41(51)26-39-20-19-36(7)48(57,59-39)29-46(55)49-21-12-11-18-40(49)47(56)58-45(35(6)24-37-16-13-17-38(50)25-37)28-44(54)34(5)23-33(4)43(53)27-42(52)32(3)22-30/h8-10,14-15,23,30,32,34-41,43,45,50-51,53,57H,11-13,16-22,24-29H2,1-7H3/b10-8+,14-9+,31-15+,33-23+/t30-,32-,34-,35-,36-,37+,38+,39+,40+,41+,43+,45+,48+/m1/s1. The Morgan fingerprint density at radius 2 is 1.56 bits per heavy atom. The number of ketones is 2. The number of fused-ring (bicyclic) bond motifs is 3. The summed E-state index contributed by atoms with van der Waals surface area (Å²) in [6.07, 6.45) is 15.0. The average Bonchev–Trinajstić information content (AvgIpc) is 3.18. The van der Waals surface area contributed by atoms with Crippen molar-refractivity contribution in [3.63, 3.8) is 0 Å². The van der Waals surface area contributed by atoms with Gasteiger partial charge in [0.1, 0.15) is 23.7 Å². The minimum absolute atomic E-state index is 0.0591. The molecule has 0 aromatic rings. The number of aliphatic hydroxyl groups excluding tert-OH is 3. The zero-order valence-electron chi connectivity index (χ0n) is 36.9. The second-order valence-electron chi connectivity index (χ2n) is 18.8. The van der Waals surface area contributed by atoms with Gasteiger partial charge < -0.3 is 34.8 Å². The Morgan fingerprint density at radius 1 is 0.814 bits per heavy atom. The lowest BCUT2D eigenvalue weighted by atomic mass is 9.79. The quantitative estimate of drug-likeness (QED) is 0.170. The highest BCUT2D eigenvalue weighted by molar-refractivity contribution is 5.86. The zero-order valence-corrected chi connectivity index (χ0v) is 36.9. The largest absolute Gasteiger partial charge is 0.460 e. The van der Waals surface area contributed by atoms with Crippen molar-refractivity contribution in [3.8, 4) is 0 Å². The van der Waals surface area contributed by atoms with E-state index >= 15 is 0 Å². The Hall–Kier alpha value is -2.96. The molecule has 3 fully saturated rings. The maximum absolute atomic E-state index is 14.2. The predicted octanol–water partition coefficient (Wildman–Crippen LogP) is 7.10. The maximum atomic E-state index is 14.2. The van der Waals surface area contributed by atoms with Gasteiger partial charge >= 0.3 is 5.97 Å². The summed E-state index contributed by atoms with van der Waals surface area (Å²) in [5, 5.41) is 44.4. The van der Waals surface area contributed by atoms with Crippen LogP contribution < -0.4 is 0 Å². The number of hydrogen-bond donors (Lipinski definition) is 4. The number of amides is 1. The van der Waals surface area contributed by atoms with Gasteiger partial charge in [0.25, 0.3) is 0 Å². The molecular formula is C48H75NO10. The minimum atomic E-state index is -1.78. The van der Waals surface area contributed by atoms with E-state index in [9.17, 15) is 39.6 Å². The van der Waals surface area contributed by atoms with Crippen molar-refractivity contribution in [2.45, 2.75) is 187 Å². The third-order valence-electron chi connectivity index (χ3n) is 13.6. The van der Waals surface area contributed by atoms with Gasteiger partial charge in [-0.2, -0.15) is 0 Å². The van der Waals surface area contributed by atoms with Crippen molar-refractivity contribution < 1.29 is 49.1 Å². The van der Waals surface area contributed by atoms with E-state index in [-0.39, 0.29) is 72.9 Å². The first-order chi connectivity index (χ1) is 27.9. The Morgan fingerprint density at radius 3 is 2.29 bits per heavy atom. The Labute approximate surface area is 353 Å². The fourth-order valence-corrected chi connectivity index (χ4v) is 9.42. The maximum Gasteiger partial charge on any atom is 0.329 e. The van der Waals surface area contributed by atoms with Crippen LogP contribution >= 0.6 is 0 Å². The molecule has 1 saturated carbocycles. The molecule has 11 nitrogen and oxygen atoms in total. The number of cyclic esters (lactones) is 1. The first kappa shape index (κ1) is 48.7. The van der Waals surface area contributed by atoms with E-state index in [0.717, 1.165) is 24.8 Å². The number of carbonyl (C=O) groups is 4. The van der Waals surface area contributed by atoms with Gasteiger partial charge in [-0.3, -0.25) is 14.4 Å². The van der Waals surface area contributed by atoms with Gasteiger partial charge in [0.2, 0.25) is 5.91 Å². The van der Waals surface area contributed by atoms with Gasteiger partial charge in [0.05, 0.1) is 30.8 Å². The first-order valence-corrected chi connectivity index (χ1v) is 22.6. The third-order valence-corrected chi connectivity index (χ3v) is 13.6. The second kappa shape index (κ2) is 22.8. The molecule has 0 spiro atoms. The van der Waals surface area contributed by atoms with Crippen LogP contribution in [0.5, 0.6) is 0 Å². The van der Waals surface area contributed by atoms with E-state index in [4.69, 9.17) is 9.47 Å². The van der Waals surface area contributed by atoms with Crippen molar-refractivity contribution in [2.24, 2.45) is 35.5 Å². The number of esters is 1. The Balaban J connectivity index is 1.62. The highest BCUT2D eigenvalue weighted by atomic mass is 16.6. The molecule has 11 heteroatoms. The lowest BCUT2D eigenvalue weighted by Crippen LogP contribution is -2.54. The molecule has 4 N–H and O–H groups in total. The van der Waals surface area contributed by atoms with Crippen molar-refractivity contribution in [2.75, 3.05) is 6.54 Å². The highest BCUT2D eigenvalue weighted by Crippen LogP contribution is 2.38. The summed E-state index contributed by atoms with van der Waals surface area (Å²) in [4.78, 5) is 56.8. The molecule has 4 aliphatic rings. The van der Waals surface area contributed by atoms with Crippen LogP contribution in [-0.4, -0.2) is 97.7 Å². The Kier molecular flexibility index (Phi) is 18.8. The van der Waals surface area contributed by atoms with Gasteiger partial charge in [0.15, 0.2) is 5.79 Å². The fourth-order valence-electron chi connectivity index (χ4n) is 9.42. The number of carbonyl (C=O) groups excluding carboxylic acids is 4. The van der Waals surface area contributed by atoms with Crippen LogP contribution in [0.4, 0.5) is 0 Å². The molecule has 1 amide bonds. The molecular weight excluding hydrogens is 751 g/mol. The predicted molar refractivity (Wildman–Crippen MR) is 228 cm³/mol. The first-order valence-electron chi connectivity index (χ1n) is 22.6. The molecule has 0 aromatic heterocycles. The molecule has 2 bridgehead atoms. The van der Waals surface area contributed by atoms with Crippen LogP contribution in [0.3, 0.4) is 0 Å². The number of allylic oxidation sites excluding steroid dienone is 6. The van der Waals surface area contributed by atoms with Crippen molar-refractivity contribution in [3.05, 3.63) is 47.6 Å². The number of piperidine rings is 1. The summed E-state index contributed by atoms with van der Waals surface area (Å²) in [7, 11) is 0. The molecule has 13 atom stereocenters. The lowest BCUT2D eigenvalue weighted by molar-refractivity contribution is -0.283. The van der Waals surface area contributed by atoms with E-state index in [1.807, 2.05) is 65.0 Å². The van der Waals surface area contributed by atoms with Crippen LogP contribution in [0.25, 0.3) is 0 Å².